The van der Waals surface area contributed by atoms with Crippen molar-refractivity contribution in [1.29, 1.82) is 0 Å². The molecule has 0 N–H and O–H groups in total. The predicted molar refractivity (Wildman–Crippen MR) is 65.0 cm³/mol. The lowest BCUT2D eigenvalue weighted by molar-refractivity contribution is 0.679. The molecule has 0 saturated heterocycles. The van der Waals surface area contributed by atoms with Gasteiger partial charge in [0.15, 0.2) is 5.82 Å². The maximum Gasteiger partial charge on any atom is 0.158 e. The van der Waals surface area contributed by atoms with E-state index in [1.54, 1.807) is 0 Å². The van der Waals surface area contributed by atoms with Crippen LogP contribution in [0.15, 0.2) is 0 Å². The monoisotopic (exact) mass is 283 g/mol. The van der Waals surface area contributed by atoms with Crippen LogP contribution in [0, 0.1) is 20.8 Å². The number of hydrogen-bond donors (Lipinski definition) is 0. The fourth-order valence-corrected chi connectivity index (χ4v) is 2.49. The first-order valence-electron chi connectivity index (χ1n) is 5.03. The molecule has 0 radical (unpaired) electrons. The lowest BCUT2D eigenvalue weighted by Gasteiger charge is -2.05. The van der Waals surface area contributed by atoms with Crippen LogP contribution in [-0.4, -0.2) is 24.5 Å². The second kappa shape index (κ2) is 4.01. The summed E-state index contributed by atoms with van der Waals surface area (Å²) in [6, 6.07) is 0. The zero-order valence-electron chi connectivity index (χ0n) is 9.82. The van der Waals surface area contributed by atoms with E-state index in [1.807, 2.05) is 37.2 Å². The van der Waals surface area contributed by atoms with Crippen molar-refractivity contribution >= 4 is 15.9 Å². The third kappa shape index (κ3) is 1.67. The number of halogens is 1. The van der Waals surface area contributed by atoms with Crippen LogP contribution in [-0.2, 0) is 12.4 Å². The molecule has 5 nitrogen and oxygen atoms in total. The molecule has 6 heteroatoms. The minimum atomic E-state index is 0.764. The Kier molecular flexibility index (Phi) is 2.84. The Hall–Kier alpha value is -1.17. The van der Waals surface area contributed by atoms with Crippen molar-refractivity contribution in [2.45, 2.75) is 26.1 Å². The molecule has 0 aromatic carbocycles. The van der Waals surface area contributed by atoms with Crippen LogP contribution >= 0.6 is 15.9 Å². The second-order valence-corrected chi connectivity index (χ2v) is 4.32. The number of aryl methyl sites for hydroxylation is 4. The Bertz CT molecular complexity index is 526. The fourth-order valence-electron chi connectivity index (χ4n) is 1.83. The van der Waals surface area contributed by atoms with Crippen LogP contribution in [0.25, 0.3) is 5.82 Å². The van der Waals surface area contributed by atoms with Gasteiger partial charge < -0.3 is 0 Å². The van der Waals surface area contributed by atoms with Crippen molar-refractivity contribution in [3.8, 4) is 5.82 Å². The van der Waals surface area contributed by atoms with E-state index in [1.165, 1.54) is 0 Å². The quantitative estimate of drug-likeness (QED) is 0.790. The van der Waals surface area contributed by atoms with Crippen molar-refractivity contribution in [2.24, 2.45) is 7.05 Å². The minimum absolute atomic E-state index is 0.764. The number of hydrogen-bond acceptors (Lipinski definition) is 3. The smallest absolute Gasteiger partial charge is 0.158 e. The summed E-state index contributed by atoms with van der Waals surface area (Å²) in [5, 5.41) is 9.56. The van der Waals surface area contributed by atoms with E-state index < -0.39 is 0 Å². The summed E-state index contributed by atoms with van der Waals surface area (Å²) in [5.74, 6) is 2.63. The van der Waals surface area contributed by atoms with Gasteiger partial charge in [-0.3, -0.25) is 4.68 Å². The van der Waals surface area contributed by atoms with Gasteiger partial charge in [0.2, 0.25) is 0 Å². The highest BCUT2D eigenvalue weighted by Crippen LogP contribution is 2.20. The zero-order chi connectivity index (χ0) is 11.9. The molecule has 0 bridgehead atoms. The van der Waals surface area contributed by atoms with Crippen LogP contribution in [0.1, 0.15) is 22.9 Å². The molecule has 0 unspecified atom stereocenters. The minimum Gasteiger partial charge on any atom is -0.250 e. The van der Waals surface area contributed by atoms with Gasteiger partial charge in [-0.2, -0.15) is 9.78 Å². The highest BCUT2D eigenvalue weighted by atomic mass is 79.9. The number of nitrogens with zero attached hydrogens (tertiary/aromatic N) is 5. The summed E-state index contributed by atoms with van der Waals surface area (Å²) < 4.78 is 3.68. The van der Waals surface area contributed by atoms with E-state index in [4.69, 9.17) is 0 Å². The van der Waals surface area contributed by atoms with Crippen molar-refractivity contribution < 1.29 is 0 Å². The molecule has 2 aromatic heterocycles. The topological polar surface area (TPSA) is 48.5 Å². The van der Waals surface area contributed by atoms with E-state index >= 15 is 0 Å². The molecular weight excluding hydrogens is 270 g/mol. The fraction of sp³-hybridized carbons (Fsp3) is 0.500. The van der Waals surface area contributed by atoms with E-state index in [-0.39, 0.29) is 0 Å². The van der Waals surface area contributed by atoms with Crippen molar-refractivity contribution in [2.75, 3.05) is 0 Å². The first-order chi connectivity index (χ1) is 7.54. The van der Waals surface area contributed by atoms with Gasteiger partial charge in [0, 0.05) is 17.9 Å². The summed E-state index contributed by atoms with van der Waals surface area (Å²) in [6.45, 7) is 5.83. The highest BCUT2D eigenvalue weighted by molar-refractivity contribution is 9.08. The summed E-state index contributed by atoms with van der Waals surface area (Å²) in [7, 11) is 1.92. The van der Waals surface area contributed by atoms with Gasteiger partial charge in [0.25, 0.3) is 0 Å². The molecular formula is C10H14BrN5. The van der Waals surface area contributed by atoms with E-state index in [2.05, 4.69) is 31.1 Å². The molecule has 2 heterocycles. The number of alkyl halides is 1. The molecule has 86 valence electrons. The molecule has 2 aromatic rings. The van der Waals surface area contributed by atoms with Gasteiger partial charge in [0.05, 0.1) is 5.69 Å². The second-order valence-electron chi connectivity index (χ2n) is 3.76. The molecule has 2 rings (SSSR count). The maximum absolute atomic E-state index is 4.41. The van der Waals surface area contributed by atoms with Crippen LogP contribution in [0.3, 0.4) is 0 Å². The molecule has 0 aliphatic rings. The third-order valence-corrected chi connectivity index (χ3v) is 3.08. The van der Waals surface area contributed by atoms with Gasteiger partial charge in [0.1, 0.15) is 11.6 Å². The normalized spacial score (nSPS) is 11.1. The Morgan fingerprint density at radius 2 is 1.88 bits per heavy atom. The Labute approximate surface area is 103 Å². The van der Waals surface area contributed by atoms with Gasteiger partial charge in [-0.25, -0.2) is 4.98 Å². The molecule has 0 amide bonds. The maximum atomic E-state index is 4.41. The predicted octanol–water partition coefficient (Wildman–Crippen LogP) is 1.82. The van der Waals surface area contributed by atoms with Crippen LogP contribution in [0.4, 0.5) is 0 Å². The van der Waals surface area contributed by atoms with Crippen molar-refractivity contribution in [3.63, 3.8) is 0 Å². The largest absolute Gasteiger partial charge is 0.250 e. The van der Waals surface area contributed by atoms with Crippen molar-refractivity contribution in [1.82, 2.24) is 24.5 Å². The average Bonchev–Trinajstić information content (AvgIpc) is 2.66. The Morgan fingerprint density at radius 3 is 2.38 bits per heavy atom. The first-order valence-corrected chi connectivity index (χ1v) is 6.15. The van der Waals surface area contributed by atoms with Gasteiger partial charge in [-0.1, -0.05) is 15.9 Å². The van der Waals surface area contributed by atoms with Crippen LogP contribution < -0.4 is 0 Å². The summed E-state index contributed by atoms with van der Waals surface area (Å²) in [5.41, 5.74) is 2.16. The molecule has 0 spiro atoms. The summed E-state index contributed by atoms with van der Waals surface area (Å²) in [4.78, 5) is 4.31. The summed E-state index contributed by atoms with van der Waals surface area (Å²) >= 11 is 3.49. The Balaban J connectivity index is 2.68. The summed E-state index contributed by atoms with van der Waals surface area (Å²) in [6.07, 6.45) is 0. The number of rotatable bonds is 2. The van der Waals surface area contributed by atoms with Gasteiger partial charge in [-0.15, -0.1) is 5.10 Å². The molecule has 0 fully saturated rings. The standard InChI is InChI=1S/C10H14BrN5/c1-6-9(5-11)10(15(4)13-6)16-8(3)12-7(2)14-16/h5H2,1-4H3. The van der Waals surface area contributed by atoms with Crippen LogP contribution in [0.5, 0.6) is 0 Å². The molecule has 16 heavy (non-hydrogen) atoms. The van der Waals surface area contributed by atoms with E-state index in [9.17, 15) is 0 Å². The molecule has 0 aliphatic carbocycles. The van der Waals surface area contributed by atoms with Gasteiger partial charge >= 0.3 is 0 Å². The van der Waals surface area contributed by atoms with Gasteiger partial charge in [-0.05, 0) is 20.8 Å². The highest BCUT2D eigenvalue weighted by Gasteiger charge is 2.16. The SMILES string of the molecule is Cc1nc(C)n(-c2c(CBr)c(C)nn2C)n1. The molecule has 0 saturated carbocycles. The number of aromatic nitrogens is 5. The lowest BCUT2D eigenvalue weighted by atomic mass is 10.3. The average molecular weight is 284 g/mol. The van der Waals surface area contributed by atoms with Crippen molar-refractivity contribution in [3.05, 3.63) is 22.9 Å². The first kappa shape index (κ1) is 11.3. The van der Waals surface area contributed by atoms with E-state index in [0.29, 0.717) is 0 Å². The third-order valence-electron chi connectivity index (χ3n) is 2.52. The zero-order valence-corrected chi connectivity index (χ0v) is 11.4. The lowest BCUT2D eigenvalue weighted by Crippen LogP contribution is -2.08. The molecule has 0 aliphatic heterocycles. The Morgan fingerprint density at radius 1 is 1.19 bits per heavy atom. The van der Waals surface area contributed by atoms with E-state index in [0.717, 1.165) is 34.1 Å². The van der Waals surface area contributed by atoms with Crippen LogP contribution in [0.2, 0.25) is 0 Å². The molecule has 0 atom stereocenters.